The van der Waals surface area contributed by atoms with Crippen molar-refractivity contribution in [3.05, 3.63) is 263 Å². The zero-order valence-electron chi connectivity index (χ0n) is 45.6. The Morgan fingerprint density at radius 3 is 1.48 bits per heavy atom. The summed E-state index contributed by atoms with van der Waals surface area (Å²) in [5, 5.41) is 4.91. The molecule has 0 spiro atoms. The normalized spacial score (nSPS) is 14.9. The van der Waals surface area contributed by atoms with Crippen molar-refractivity contribution in [3.8, 4) is 44.5 Å². The van der Waals surface area contributed by atoms with E-state index in [1.807, 2.05) is 0 Å². The van der Waals surface area contributed by atoms with Crippen LogP contribution in [0, 0.1) is 0 Å². The summed E-state index contributed by atoms with van der Waals surface area (Å²) in [5.41, 5.74) is 27.9. The molecule has 2 heteroatoms. The topological polar surface area (TPSA) is 6.48 Å². The summed E-state index contributed by atoms with van der Waals surface area (Å²) in [4.78, 5) is 5.16. The van der Waals surface area contributed by atoms with E-state index in [0.717, 1.165) is 24.2 Å². The van der Waals surface area contributed by atoms with E-state index in [9.17, 15) is 0 Å². The first kappa shape index (κ1) is 47.0. The van der Waals surface area contributed by atoms with Gasteiger partial charge in [-0.1, -0.05) is 213 Å². The summed E-state index contributed by atoms with van der Waals surface area (Å²) in [6.07, 6.45) is 1.82. The van der Waals surface area contributed by atoms with Gasteiger partial charge in [-0.2, -0.15) is 0 Å². The second-order valence-electron chi connectivity index (χ2n) is 23.4. The highest BCUT2D eigenvalue weighted by Gasteiger charge is 2.43. The van der Waals surface area contributed by atoms with Crippen LogP contribution in [0.25, 0.3) is 66.1 Å². The van der Waals surface area contributed by atoms with Crippen molar-refractivity contribution in [1.29, 1.82) is 0 Å². The molecule has 2 aliphatic carbocycles. The molecule has 0 bridgehead atoms. The fourth-order valence-electron chi connectivity index (χ4n) is 14.2. The van der Waals surface area contributed by atoms with Crippen LogP contribution in [0.3, 0.4) is 0 Å². The van der Waals surface area contributed by atoms with Crippen molar-refractivity contribution in [3.63, 3.8) is 0 Å². The van der Waals surface area contributed by atoms with Crippen LogP contribution in [-0.2, 0) is 29.1 Å². The van der Waals surface area contributed by atoms with Crippen molar-refractivity contribution in [2.75, 3.05) is 9.80 Å². The number of para-hydroxylation sites is 2. The van der Waals surface area contributed by atoms with Crippen molar-refractivity contribution in [2.45, 2.75) is 84.5 Å². The Hall–Kier alpha value is -8.46. The molecule has 0 unspecified atom stereocenters. The Morgan fingerprint density at radius 2 is 0.844 bits per heavy atom. The summed E-state index contributed by atoms with van der Waals surface area (Å²) < 4.78 is 0. The highest BCUT2D eigenvalue weighted by Crippen LogP contribution is 2.59. The van der Waals surface area contributed by atoms with E-state index >= 15 is 0 Å². The molecule has 1 aliphatic heterocycles. The fourth-order valence-corrected chi connectivity index (χ4v) is 14.2. The molecule has 77 heavy (non-hydrogen) atoms. The van der Waals surface area contributed by atoms with Gasteiger partial charge in [-0.05, 0) is 184 Å². The van der Waals surface area contributed by atoms with Crippen LogP contribution in [0.5, 0.6) is 0 Å². The zero-order chi connectivity index (χ0) is 52.5. The number of fused-ring (bicyclic) bond motifs is 10. The van der Waals surface area contributed by atoms with Gasteiger partial charge in [0.25, 0.3) is 0 Å². The van der Waals surface area contributed by atoms with E-state index in [-0.39, 0.29) is 16.2 Å². The molecule has 1 heterocycles. The zero-order valence-corrected chi connectivity index (χ0v) is 45.6. The highest BCUT2D eigenvalue weighted by atomic mass is 15.2. The number of hydrogen-bond donors (Lipinski definition) is 0. The predicted molar refractivity (Wildman–Crippen MR) is 328 cm³/mol. The van der Waals surface area contributed by atoms with E-state index in [1.165, 1.54) is 133 Å². The van der Waals surface area contributed by atoms with Crippen molar-refractivity contribution < 1.29 is 0 Å². The lowest BCUT2D eigenvalue weighted by Crippen LogP contribution is -2.31. The van der Waals surface area contributed by atoms with Crippen LogP contribution >= 0.6 is 0 Å². The van der Waals surface area contributed by atoms with Crippen molar-refractivity contribution in [2.24, 2.45) is 0 Å². The van der Waals surface area contributed by atoms with Crippen LogP contribution in [-0.4, -0.2) is 0 Å². The van der Waals surface area contributed by atoms with Crippen molar-refractivity contribution in [1.82, 2.24) is 0 Å². The average Bonchev–Trinajstić information content (AvgIpc) is 4.00. The molecule has 0 N–H and O–H groups in total. The molecule has 0 fully saturated rings. The van der Waals surface area contributed by atoms with Crippen LogP contribution in [0.2, 0.25) is 0 Å². The fraction of sp³-hybridized carbons (Fsp3) is 0.173. The molecule has 0 saturated heterocycles. The third-order valence-corrected chi connectivity index (χ3v) is 18.2. The van der Waals surface area contributed by atoms with Crippen LogP contribution in [0.1, 0.15) is 99.9 Å². The Bertz CT molecular complexity index is 4210. The summed E-state index contributed by atoms with van der Waals surface area (Å²) in [6, 6.07) is 83.3. The molecule has 2 nitrogen and oxygen atoms in total. The third-order valence-electron chi connectivity index (χ3n) is 18.2. The van der Waals surface area contributed by atoms with Gasteiger partial charge in [-0.3, -0.25) is 0 Å². The summed E-state index contributed by atoms with van der Waals surface area (Å²) in [5.74, 6) is 0. The molecular formula is C75H64N2. The molecule has 14 rings (SSSR count). The number of benzene rings is 11. The maximum absolute atomic E-state index is 2.59. The first-order valence-electron chi connectivity index (χ1n) is 27.9. The molecule has 0 saturated carbocycles. The number of nitrogens with zero attached hydrogens (tertiary/aromatic N) is 2. The molecular weight excluding hydrogens is 929 g/mol. The average molecular weight is 993 g/mol. The summed E-state index contributed by atoms with van der Waals surface area (Å²) in [7, 11) is 0. The Kier molecular flexibility index (Phi) is 10.6. The second-order valence-corrected chi connectivity index (χ2v) is 23.4. The minimum absolute atomic E-state index is 0.144. The van der Waals surface area contributed by atoms with Gasteiger partial charge >= 0.3 is 0 Å². The van der Waals surface area contributed by atoms with E-state index in [2.05, 4.69) is 284 Å². The SMILES string of the molecule is CCc1ccccc1N(c1ccc2c(-c3ccccc3)c3cc(N4c5ccccc5C(C)(C)c5cc6c(cc54)C(C)(C)c4ccccc4-6)ccc3c(-c3ccccc3)c2c1)c1cc2c(cc1CC)-c1ccccc1C2(C)C. The number of aryl methyl sites for hydroxylation is 2. The van der Waals surface area contributed by atoms with E-state index in [0.29, 0.717) is 0 Å². The molecule has 0 radical (unpaired) electrons. The first-order chi connectivity index (χ1) is 37.4. The summed E-state index contributed by atoms with van der Waals surface area (Å²) >= 11 is 0. The number of anilines is 6. The van der Waals surface area contributed by atoms with Gasteiger partial charge < -0.3 is 9.80 Å². The van der Waals surface area contributed by atoms with E-state index < -0.39 is 0 Å². The largest absolute Gasteiger partial charge is 0.310 e. The predicted octanol–water partition coefficient (Wildman–Crippen LogP) is 20.6. The van der Waals surface area contributed by atoms with Gasteiger partial charge in [0.2, 0.25) is 0 Å². The summed E-state index contributed by atoms with van der Waals surface area (Å²) in [6.45, 7) is 19.0. The number of rotatable bonds is 8. The number of hydrogen-bond acceptors (Lipinski definition) is 2. The Labute approximate surface area is 454 Å². The van der Waals surface area contributed by atoms with E-state index in [1.54, 1.807) is 0 Å². The van der Waals surface area contributed by atoms with Gasteiger partial charge in [-0.25, -0.2) is 0 Å². The lowest BCUT2D eigenvalue weighted by Gasteiger charge is -2.43. The van der Waals surface area contributed by atoms with Crippen LogP contribution in [0.4, 0.5) is 34.1 Å². The maximum atomic E-state index is 2.59. The molecule has 0 atom stereocenters. The van der Waals surface area contributed by atoms with Gasteiger partial charge in [-0.15, -0.1) is 0 Å². The second kappa shape index (κ2) is 17.3. The van der Waals surface area contributed by atoms with Gasteiger partial charge in [0.15, 0.2) is 0 Å². The maximum Gasteiger partial charge on any atom is 0.0506 e. The molecule has 0 aromatic heterocycles. The third kappa shape index (κ3) is 6.87. The molecule has 11 aromatic rings. The molecule has 3 aliphatic rings. The minimum atomic E-state index is -0.232. The highest BCUT2D eigenvalue weighted by molar-refractivity contribution is 6.23. The van der Waals surface area contributed by atoms with Crippen LogP contribution in [0.15, 0.2) is 218 Å². The Balaban J connectivity index is 1.04. The van der Waals surface area contributed by atoms with Gasteiger partial charge in [0, 0.05) is 39.0 Å². The quantitative estimate of drug-likeness (QED) is 0.140. The minimum Gasteiger partial charge on any atom is -0.310 e. The Morgan fingerprint density at radius 1 is 0.338 bits per heavy atom. The van der Waals surface area contributed by atoms with Gasteiger partial charge in [0.05, 0.1) is 11.4 Å². The van der Waals surface area contributed by atoms with E-state index in [4.69, 9.17) is 0 Å². The standard InChI is InChI=1S/C75H64N2/c1-9-47-25-17-23-35-67(47)76(69-45-64-57(41-48(69)10-2)53-30-18-20-32-61(53)73(64,3)4)51-37-39-55-59(42-51)71(49-26-13-11-14-27-49)56-40-38-52(43-60(56)72(55)50-28-15-12-16-29-50)77-68-36-24-22-34-63(68)75(7,8)66-44-58-54-31-19-21-33-62(54)74(5,6)65(58)46-70(66)77/h11-46H,9-10H2,1-8H3. The van der Waals surface area contributed by atoms with Gasteiger partial charge in [0.1, 0.15) is 0 Å². The lowest BCUT2D eigenvalue weighted by atomic mass is 9.71. The molecule has 0 amide bonds. The smallest absolute Gasteiger partial charge is 0.0506 e. The molecule has 374 valence electrons. The van der Waals surface area contributed by atoms with Crippen LogP contribution < -0.4 is 9.80 Å². The lowest BCUT2D eigenvalue weighted by molar-refractivity contribution is 0.627. The monoisotopic (exact) mass is 993 g/mol. The first-order valence-corrected chi connectivity index (χ1v) is 27.9. The molecule has 11 aromatic carbocycles. The van der Waals surface area contributed by atoms with Crippen molar-refractivity contribution >= 4 is 55.7 Å².